The molecule has 1 aromatic heterocycles. The van der Waals surface area contributed by atoms with Crippen LogP contribution in [0.1, 0.15) is 18.8 Å². The van der Waals surface area contributed by atoms with Gasteiger partial charge in [-0.15, -0.1) is 6.42 Å². The number of nitrogens with one attached hydrogen (secondary N) is 1. The molecule has 1 aliphatic heterocycles. The number of aliphatic hydroxyl groups is 2. The average Bonchev–Trinajstić information content (AvgIpc) is 2.63. The van der Waals surface area contributed by atoms with Gasteiger partial charge < -0.3 is 20.7 Å². The number of aromatic amines is 1. The lowest BCUT2D eigenvalue weighted by molar-refractivity contribution is -0.0784. The van der Waals surface area contributed by atoms with Crippen molar-refractivity contribution in [3.63, 3.8) is 0 Å². The largest absolute Gasteiger partial charge is 0.391 e. The number of hydrogen-bond donors (Lipinski definition) is 4. The molecule has 0 spiro atoms. The monoisotopic (exact) mass is 295 g/mol. The lowest BCUT2D eigenvalue weighted by atomic mass is 9.90. The molecule has 1 unspecified atom stereocenters. The van der Waals surface area contributed by atoms with Crippen molar-refractivity contribution in [3.05, 3.63) is 32.6 Å². The molecule has 2 rings (SSSR count). The minimum absolute atomic E-state index is 0.275. The number of terminal acetylenes is 1. The first-order valence-corrected chi connectivity index (χ1v) is 6.33. The van der Waals surface area contributed by atoms with Crippen LogP contribution in [0, 0.1) is 19.3 Å². The summed E-state index contributed by atoms with van der Waals surface area (Å²) in [6, 6.07) is 1.18. The zero-order chi connectivity index (χ0) is 15.9. The van der Waals surface area contributed by atoms with Crippen LogP contribution < -0.4 is 17.0 Å². The van der Waals surface area contributed by atoms with Gasteiger partial charge in [-0.05, 0) is 13.8 Å². The molecule has 0 bridgehead atoms. The Balaban J connectivity index is 2.61. The molecule has 1 saturated heterocycles. The molecule has 8 nitrogen and oxygen atoms in total. The molecular formula is C13H17N3O5. The van der Waals surface area contributed by atoms with Crippen LogP contribution in [0.2, 0.25) is 0 Å². The van der Waals surface area contributed by atoms with Gasteiger partial charge in [0, 0.05) is 11.8 Å². The standard InChI is InChI=1S/C13H17N3O5/c1-4-13(14)10(19)9(7(3)17)21-11(13)16-6(2)5-8(18)15-12(16)20/h1,5,7,9-11,17,19H,14H2,2-3H3,(H,15,18,20)/t7-,9+,10-,11+,13?/m0/s1. The van der Waals surface area contributed by atoms with Gasteiger partial charge in [0.2, 0.25) is 0 Å². The Morgan fingerprint density at radius 3 is 2.71 bits per heavy atom. The quantitative estimate of drug-likeness (QED) is 0.459. The fourth-order valence-electron chi connectivity index (χ4n) is 2.47. The van der Waals surface area contributed by atoms with Crippen LogP contribution in [0.15, 0.2) is 15.7 Å². The number of ether oxygens (including phenoxy) is 1. The Hall–Kier alpha value is -1.92. The maximum atomic E-state index is 12.0. The van der Waals surface area contributed by atoms with Gasteiger partial charge in [0.15, 0.2) is 11.8 Å². The van der Waals surface area contributed by atoms with Crippen LogP contribution in [0.3, 0.4) is 0 Å². The van der Waals surface area contributed by atoms with E-state index in [4.69, 9.17) is 16.9 Å². The highest BCUT2D eigenvalue weighted by atomic mass is 16.5. The Bertz CT molecular complexity index is 701. The molecule has 8 heteroatoms. The molecule has 1 aromatic rings. The van der Waals surface area contributed by atoms with Crippen molar-refractivity contribution < 1.29 is 14.9 Å². The lowest BCUT2D eigenvalue weighted by Crippen LogP contribution is -2.56. The van der Waals surface area contributed by atoms with Crippen LogP contribution in [0.5, 0.6) is 0 Å². The van der Waals surface area contributed by atoms with Crippen molar-refractivity contribution in [1.29, 1.82) is 0 Å². The topological polar surface area (TPSA) is 131 Å². The Morgan fingerprint density at radius 1 is 1.62 bits per heavy atom. The maximum absolute atomic E-state index is 12.0. The minimum atomic E-state index is -1.71. The smallest absolute Gasteiger partial charge is 0.330 e. The summed E-state index contributed by atoms with van der Waals surface area (Å²) >= 11 is 0. The highest BCUT2D eigenvalue weighted by Crippen LogP contribution is 2.37. The van der Waals surface area contributed by atoms with Gasteiger partial charge in [0.25, 0.3) is 5.56 Å². The third kappa shape index (κ3) is 2.30. The van der Waals surface area contributed by atoms with E-state index in [-0.39, 0.29) is 5.69 Å². The number of aromatic nitrogens is 2. The Morgan fingerprint density at radius 2 is 2.24 bits per heavy atom. The summed E-state index contributed by atoms with van der Waals surface area (Å²) in [5.74, 6) is 2.23. The summed E-state index contributed by atoms with van der Waals surface area (Å²) in [6.45, 7) is 2.93. The molecular weight excluding hydrogens is 278 g/mol. The van der Waals surface area contributed by atoms with E-state index >= 15 is 0 Å². The predicted octanol–water partition coefficient (Wildman–Crippen LogP) is -2.19. The number of nitrogens with zero attached hydrogens (tertiary/aromatic N) is 1. The first kappa shape index (κ1) is 15.5. The SMILES string of the molecule is C#CC1(N)[C@@H](O)[C@@H]([C@H](C)O)O[C@H]1n1c(C)cc(=O)[nH]c1=O. The summed E-state index contributed by atoms with van der Waals surface area (Å²) < 4.78 is 6.57. The van der Waals surface area contributed by atoms with Crippen LogP contribution in [0.4, 0.5) is 0 Å². The molecule has 0 aromatic carbocycles. The van der Waals surface area contributed by atoms with Gasteiger partial charge in [-0.2, -0.15) is 0 Å². The van der Waals surface area contributed by atoms with Crippen molar-refractivity contribution in [1.82, 2.24) is 9.55 Å². The van der Waals surface area contributed by atoms with Gasteiger partial charge in [0.1, 0.15) is 12.2 Å². The molecule has 0 radical (unpaired) electrons. The second-order valence-corrected chi connectivity index (χ2v) is 5.17. The number of aliphatic hydroxyl groups excluding tert-OH is 2. The Kier molecular flexibility index (Phi) is 3.78. The van der Waals surface area contributed by atoms with E-state index in [9.17, 15) is 19.8 Å². The summed E-state index contributed by atoms with van der Waals surface area (Å²) in [7, 11) is 0. The van der Waals surface area contributed by atoms with E-state index in [0.29, 0.717) is 0 Å². The van der Waals surface area contributed by atoms with E-state index < -0.39 is 41.3 Å². The number of rotatable bonds is 2. The number of aryl methyl sites for hydroxylation is 1. The molecule has 114 valence electrons. The molecule has 0 amide bonds. The zero-order valence-electron chi connectivity index (χ0n) is 11.6. The normalized spacial score (nSPS) is 33.6. The number of nitrogens with two attached hydrogens (primary N) is 1. The lowest BCUT2D eigenvalue weighted by Gasteiger charge is -2.28. The van der Waals surface area contributed by atoms with E-state index in [2.05, 4.69) is 10.9 Å². The van der Waals surface area contributed by atoms with Gasteiger partial charge in [-0.3, -0.25) is 14.3 Å². The third-order valence-corrected chi connectivity index (χ3v) is 3.62. The Labute approximate surface area is 120 Å². The molecule has 1 fully saturated rings. The summed E-state index contributed by atoms with van der Waals surface area (Å²) in [4.78, 5) is 25.4. The fraction of sp³-hybridized carbons (Fsp3) is 0.538. The van der Waals surface area contributed by atoms with Crippen molar-refractivity contribution in [3.8, 4) is 12.3 Å². The predicted molar refractivity (Wildman–Crippen MR) is 73.4 cm³/mol. The minimum Gasteiger partial charge on any atom is -0.391 e. The van der Waals surface area contributed by atoms with Gasteiger partial charge >= 0.3 is 5.69 Å². The average molecular weight is 295 g/mol. The van der Waals surface area contributed by atoms with E-state index in [1.54, 1.807) is 0 Å². The number of hydrogen-bond acceptors (Lipinski definition) is 6. The molecule has 21 heavy (non-hydrogen) atoms. The first-order chi connectivity index (χ1) is 9.72. The summed E-state index contributed by atoms with van der Waals surface area (Å²) in [5, 5.41) is 19.9. The molecule has 5 N–H and O–H groups in total. The van der Waals surface area contributed by atoms with Crippen molar-refractivity contribution >= 4 is 0 Å². The molecule has 0 aliphatic carbocycles. The zero-order valence-corrected chi connectivity index (χ0v) is 11.6. The van der Waals surface area contributed by atoms with E-state index in [0.717, 1.165) is 4.57 Å². The van der Waals surface area contributed by atoms with Crippen molar-refractivity contribution in [2.75, 3.05) is 0 Å². The van der Waals surface area contributed by atoms with Crippen molar-refractivity contribution in [2.45, 2.75) is 43.9 Å². The van der Waals surface area contributed by atoms with Gasteiger partial charge in [0.05, 0.1) is 6.10 Å². The molecule has 5 atom stereocenters. The molecule has 1 aliphatic rings. The first-order valence-electron chi connectivity index (χ1n) is 6.33. The van der Waals surface area contributed by atoms with Crippen LogP contribution in [-0.2, 0) is 4.74 Å². The highest BCUT2D eigenvalue weighted by molar-refractivity contribution is 5.24. The maximum Gasteiger partial charge on any atom is 0.330 e. The summed E-state index contributed by atoms with van der Waals surface area (Å²) in [5.41, 5.74) is 3.25. The van der Waals surface area contributed by atoms with E-state index in [1.807, 2.05) is 0 Å². The second-order valence-electron chi connectivity index (χ2n) is 5.17. The van der Waals surface area contributed by atoms with Crippen LogP contribution >= 0.6 is 0 Å². The number of H-pyrrole nitrogens is 1. The highest BCUT2D eigenvalue weighted by Gasteiger charge is 2.55. The van der Waals surface area contributed by atoms with E-state index in [1.165, 1.54) is 19.9 Å². The molecule has 2 heterocycles. The van der Waals surface area contributed by atoms with Crippen LogP contribution in [0.25, 0.3) is 0 Å². The second kappa shape index (κ2) is 5.13. The summed E-state index contributed by atoms with van der Waals surface area (Å²) in [6.07, 6.45) is 0.729. The van der Waals surface area contributed by atoms with Gasteiger partial charge in [-0.1, -0.05) is 5.92 Å². The van der Waals surface area contributed by atoms with Gasteiger partial charge in [-0.25, -0.2) is 4.79 Å². The van der Waals surface area contributed by atoms with Crippen LogP contribution in [-0.4, -0.2) is 43.6 Å². The van der Waals surface area contributed by atoms with Crippen molar-refractivity contribution in [2.24, 2.45) is 5.73 Å². The molecule has 0 saturated carbocycles. The fourth-order valence-corrected chi connectivity index (χ4v) is 2.47. The third-order valence-electron chi connectivity index (χ3n) is 3.62.